The summed E-state index contributed by atoms with van der Waals surface area (Å²) in [5.41, 5.74) is 1.07. The Morgan fingerprint density at radius 2 is 2.00 bits per heavy atom. The van der Waals surface area contributed by atoms with Gasteiger partial charge in [0.1, 0.15) is 5.75 Å². The lowest BCUT2D eigenvalue weighted by Gasteiger charge is -2.22. The van der Waals surface area contributed by atoms with Crippen molar-refractivity contribution in [1.29, 1.82) is 0 Å². The lowest BCUT2D eigenvalue weighted by atomic mass is 9.93. The second-order valence-corrected chi connectivity index (χ2v) is 5.81. The SMILES string of the molecule is COc1ccc(CO[C@@H]2C[C@@H]3OC(O)C[C@@H]3[C@H]2CO)cc1. The number of fused-ring (bicyclic) bond motifs is 1. The molecule has 2 aliphatic rings. The van der Waals surface area contributed by atoms with Crippen LogP contribution in [0.2, 0.25) is 0 Å². The molecule has 0 bridgehead atoms. The Balaban J connectivity index is 1.57. The molecule has 0 spiro atoms. The fourth-order valence-corrected chi connectivity index (χ4v) is 3.47. The highest BCUT2D eigenvalue weighted by atomic mass is 16.6. The number of benzene rings is 1. The Morgan fingerprint density at radius 3 is 2.67 bits per heavy atom. The van der Waals surface area contributed by atoms with Crippen LogP contribution in [0.5, 0.6) is 5.75 Å². The van der Waals surface area contributed by atoms with Crippen LogP contribution in [-0.2, 0) is 16.1 Å². The van der Waals surface area contributed by atoms with Crippen molar-refractivity contribution < 1.29 is 24.4 Å². The maximum absolute atomic E-state index is 9.60. The van der Waals surface area contributed by atoms with Crippen LogP contribution in [0.4, 0.5) is 0 Å². The van der Waals surface area contributed by atoms with Crippen LogP contribution >= 0.6 is 0 Å². The van der Waals surface area contributed by atoms with Crippen LogP contribution in [0.25, 0.3) is 0 Å². The quantitative estimate of drug-likeness (QED) is 0.857. The van der Waals surface area contributed by atoms with Crippen molar-refractivity contribution in [3.05, 3.63) is 29.8 Å². The summed E-state index contributed by atoms with van der Waals surface area (Å²) < 4.78 is 16.6. The van der Waals surface area contributed by atoms with Gasteiger partial charge in [0.25, 0.3) is 0 Å². The molecule has 2 fully saturated rings. The fraction of sp³-hybridized carbons (Fsp3) is 0.625. The summed E-state index contributed by atoms with van der Waals surface area (Å²) in [5.74, 6) is 1.07. The van der Waals surface area contributed by atoms with E-state index in [2.05, 4.69) is 0 Å². The Bertz CT molecular complexity index is 460. The molecule has 116 valence electrons. The number of methoxy groups -OCH3 is 1. The molecule has 1 aliphatic carbocycles. The Morgan fingerprint density at radius 1 is 1.24 bits per heavy atom. The minimum atomic E-state index is -0.684. The molecular formula is C16H22O5. The molecule has 2 N–H and O–H groups in total. The van der Waals surface area contributed by atoms with E-state index in [-0.39, 0.29) is 30.7 Å². The topological polar surface area (TPSA) is 68.2 Å². The molecule has 1 heterocycles. The van der Waals surface area contributed by atoms with Crippen LogP contribution in [0, 0.1) is 11.8 Å². The van der Waals surface area contributed by atoms with Gasteiger partial charge in [-0.15, -0.1) is 0 Å². The van der Waals surface area contributed by atoms with Crippen LogP contribution in [0.15, 0.2) is 24.3 Å². The van der Waals surface area contributed by atoms with Gasteiger partial charge in [0.15, 0.2) is 6.29 Å². The summed E-state index contributed by atoms with van der Waals surface area (Å²) in [5, 5.41) is 19.1. The average Bonchev–Trinajstić information content (AvgIpc) is 3.00. The third-order valence-electron chi connectivity index (χ3n) is 4.61. The molecule has 1 aliphatic heterocycles. The van der Waals surface area contributed by atoms with E-state index in [4.69, 9.17) is 14.2 Å². The summed E-state index contributed by atoms with van der Waals surface area (Å²) in [6, 6.07) is 7.77. The van der Waals surface area contributed by atoms with E-state index in [1.165, 1.54) is 0 Å². The molecule has 5 nitrogen and oxygen atoms in total. The van der Waals surface area contributed by atoms with Gasteiger partial charge in [-0.05, 0) is 23.6 Å². The van der Waals surface area contributed by atoms with Crippen molar-refractivity contribution in [2.24, 2.45) is 11.8 Å². The minimum absolute atomic E-state index is 0.0121. The van der Waals surface area contributed by atoms with Gasteiger partial charge in [0.2, 0.25) is 0 Å². The minimum Gasteiger partial charge on any atom is -0.497 e. The standard InChI is InChI=1S/C16H22O5/c1-19-11-4-2-10(3-5-11)9-20-14-7-15-12(13(14)8-17)6-16(18)21-15/h2-5,12-18H,6-9H2,1H3/t12-,13-,14-,15+,16?/m1/s1. The largest absolute Gasteiger partial charge is 0.497 e. The van der Waals surface area contributed by atoms with Crippen LogP contribution in [0.1, 0.15) is 18.4 Å². The molecule has 0 amide bonds. The first-order valence-electron chi connectivity index (χ1n) is 7.40. The van der Waals surface area contributed by atoms with Gasteiger partial charge in [0, 0.05) is 25.4 Å². The lowest BCUT2D eigenvalue weighted by Crippen LogP contribution is -2.26. The van der Waals surface area contributed by atoms with Crippen molar-refractivity contribution in [3.63, 3.8) is 0 Å². The number of ether oxygens (including phenoxy) is 3. The number of hydrogen-bond donors (Lipinski definition) is 2. The number of hydrogen-bond acceptors (Lipinski definition) is 5. The van der Waals surface area contributed by atoms with Gasteiger partial charge in [-0.1, -0.05) is 12.1 Å². The first kappa shape index (κ1) is 14.8. The summed E-state index contributed by atoms with van der Waals surface area (Å²) >= 11 is 0. The van der Waals surface area contributed by atoms with Gasteiger partial charge >= 0.3 is 0 Å². The zero-order chi connectivity index (χ0) is 14.8. The zero-order valence-corrected chi connectivity index (χ0v) is 12.1. The summed E-state index contributed by atoms with van der Waals surface area (Å²) in [7, 11) is 1.64. The third kappa shape index (κ3) is 3.06. The highest BCUT2D eigenvalue weighted by Gasteiger charge is 2.49. The number of aliphatic hydroxyl groups is 2. The molecule has 0 radical (unpaired) electrons. The van der Waals surface area contributed by atoms with Crippen molar-refractivity contribution >= 4 is 0 Å². The van der Waals surface area contributed by atoms with Crippen LogP contribution in [0.3, 0.4) is 0 Å². The Labute approximate surface area is 124 Å². The summed E-state index contributed by atoms with van der Waals surface area (Å²) in [6.07, 6.45) is 0.649. The Kier molecular flexibility index (Phi) is 4.45. The summed E-state index contributed by atoms with van der Waals surface area (Å²) in [6.45, 7) is 0.581. The zero-order valence-electron chi connectivity index (χ0n) is 12.1. The van der Waals surface area contributed by atoms with Gasteiger partial charge < -0.3 is 24.4 Å². The maximum Gasteiger partial charge on any atom is 0.155 e. The first-order chi connectivity index (χ1) is 10.2. The molecule has 3 rings (SSSR count). The molecule has 1 unspecified atom stereocenters. The number of rotatable bonds is 5. The molecule has 0 aromatic heterocycles. The predicted molar refractivity (Wildman–Crippen MR) is 75.8 cm³/mol. The highest BCUT2D eigenvalue weighted by Crippen LogP contribution is 2.43. The van der Waals surface area contributed by atoms with Gasteiger partial charge in [-0.25, -0.2) is 0 Å². The van der Waals surface area contributed by atoms with Crippen molar-refractivity contribution in [1.82, 2.24) is 0 Å². The monoisotopic (exact) mass is 294 g/mol. The molecule has 1 saturated carbocycles. The number of aliphatic hydroxyl groups excluding tert-OH is 2. The summed E-state index contributed by atoms with van der Waals surface area (Å²) in [4.78, 5) is 0. The molecule has 1 aromatic rings. The van der Waals surface area contributed by atoms with E-state index in [0.29, 0.717) is 13.0 Å². The second kappa shape index (κ2) is 6.32. The molecule has 5 heteroatoms. The first-order valence-corrected chi connectivity index (χ1v) is 7.40. The van der Waals surface area contributed by atoms with Crippen molar-refractivity contribution in [2.75, 3.05) is 13.7 Å². The van der Waals surface area contributed by atoms with E-state index in [1.807, 2.05) is 24.3 Å². The van der Waals surface area contributed by atoms with E-state index in [0.717, 1.165) is 17.7 Å². The highest BCUT2D eigenvalue weighted by molar-refractivity contribution is 5.26. The van der Waals surface area contributed by atoms with E-state index in [1.54, 1.807) is 7.11 Å². The fourth-order valence-electron chi connectivity index (χ4n) is 3.47. The van der Waals surface area contributed by atoms with E-state index >= 15 is 0 Å². The van der Waals surface area contributed by atoms with Crippen molar-refractivity contribution in [2.45, 2.75) is 37.9 Å². The van der Waals surface area contributed by atoms with E-state index < -0.39 is 6.29 Å². The van der Waals surface area contributed by atoms with Gasteiger partial charge in [-0.3, -0.25) is 0 Å². The van der Waals surface area contributed by atoms with Gasteiger partial charge in [0.05, 0.1) is 25.9 Å². The smallest absolute Gasteiger partial charge is 0.155 e. The maximum atomic E-state index is 9.60. The average molecular weight is 294 g/mol. The van der Waals surface area contributed by atoms with Crippen molar-refractivity contribution in [3.8, 4) is 5.75 Å². The second-order valence-electron chi connectivity index (χ2n) is 5.81. The third-order valence-corrected chi connectivity index (χ3v) is 4.61. The normalized spacial score (nSPS) is 34.9. The van der Waals surface area contributed by atoms with E-state index in [9.17, 15) is 10.2 Å². The predicted octanol–water partition coefficient (Wildman–Crippen LogP) is 1.32. The molecular weight excluding hydrogens is 272 g/mol. The molecule has 21 heavy (non-hydrogen) atoms. The lowest BCUT2D eigenvalue weighted by molar-refractivity contribution is -0.0999. The van der Waals surface area contributed by atoms with Crippen LogP contribution in [-0.4, -0.2) is 42.4 Å². The Hall–Kier alpha value is -1.14. The molecule has 1 aromatic carbocycles. The molecule has 1 saturated heterocycles. The van der Waals surface area contributed by atoms with Crippen LogP contribution < -0.4 is 4.74 Å². The molecule has 5 atom stereocenters. The van der Waals surface area contributed by atoms with Gasteiger partial charge in [-0.2, -0.15) is 0 Å².